The largest absolute Gasteiger partial charge is 0.462 e. The van der Waals surface area contributed by atoms with E-state index in [1.165, 1.54) is 24.1 Å². The normalized spacial score (nSPS) is 15.0. The van der Waals surface area contributed by atoms with Crippen LogP contribution < -0.4 is 15.5 Å². The van der Waals surface area contributed by atoms with Gasteiger partial charge in [-0.2, -0.15) is 0 Å². The molecule has 2 N–H and O–H groups in total. The minimum absolute atomic E-state index is 0.130. The Kier molecular flexibility index (Phi) is 7.71. The van der Waals surface area contributed by atoms with Gasteiger partial charge >= 0.3 is 5.97 Å². The molecule has 30 heavy (non-hydrogen) atoms. The minimum Gasteiger partial charge on any atom is -0.462 e. The number of hydrogen-bond donors (Lipinski definition) is 2. The lowest BCUT2D eigenvalue weighted by Gasteiger charge is -2.22. The van der Waals surface area contributed by atoms with Crippen molar-refractivity contribution in [3.05, 3.63) is 65.2 Å². The van der Waals surface area contributed by atoms with Gasteiger partial charge in [-0.15, -0.1) is 0 Å². The molecule has 0 amide bonds. The zero-order valence-electron chi connectivity index (χ0n) is 18.1. The summed E-state index contributed by atoms with van der Waals surface area (Å²) in [6.07, 6.45) is 2.55. The Morgan fingerprint density at radius 3 is 2.57 bits per heavy atom. The second-order valence-electron chi connectivity index (χ2n) is 7.50. The average molecular weight is 409 g/mol. The molecule has 6 heteroatoms. The molecule has 1 saturated heterocycles. The third-order valence-electron chi connectivity index (χ3n) is 5.34. The molecular formula is C24H32N4O2. The van der Waals surface area contributed by atoms with E-state index in [-0.39, 0.29) is 12.0 Å². The van der Waals surface area contributed by atoms with Crippen LogP contribution in [0.4, 0.5) is 5.69 Å². The molecule has 1 atom stereocenters. The standard InChI is InChI=1S/C24H32N4O2/c1-4-30-23(29)20-12-10-19(11-13-20)17-26-24(25-3)27-18(2)21-8-7-9-22(16-21)28-14-5-6-15-28/h7-13,16,18H,4-6,14-15,17H2,1-3H3,(H2,25,26,27). The van der Waals surface area contributed by atoms with E-state index in [4.69, 9.17) is 4.74 Å². The van der Waals surface area contributed by atoms with Gasteiger partial charge in [-0.3, -0.25) is 4.99 Å². The summed E-state index contributed by atoms with van der Waals surface area (Å²) in [5, 5.41) is 6.81. The van der Waals surface area contributed by atoms with Crippen LogP contribution in [0.1, 0.15) is 54.2 Å². The molecular weight excluding hydrogens is 376 g/mol. The van der Waals surface area contributed by atoms with E-state index in [0.717, 1.165) is 24.6 Å². The Hall–Kier alpha value is -3.02. The van der Waals surface area contributed by atoms with E-state index >= 15 is 0 Å². The van der Waals surface area contributed by atoms with Crippen LogP contribution in [0.15, 0.2) is 53.5 Å². The van der Waals surface area contributed by atoms with Crippen molar-refractivity contribution < 1.29 is 9.53 Å². The highest BCUT2D eigenvalue weighted by molar-refractivity contribution is 5.89. The summed E-state index contributed by atoms with van der Waals surface area (Å²) in [5.74, 6) is 0.447. The third-order valence-corrected chi connectivity index (χ3v) is 5.34. The maximum absolute atomic E-state index is 11.8. The number of rotatable bonds is 7. The van der Waals surface area contributed by atoms with Crippen molar-refractivity contribution in [2.45, 2.75) is 39.3 Å². The number of hydrogen-bond acceptors (Lipinski definition) is 4. The first-order chi connectivity index (χ1) is 14.6. The van der Waals surface area contributed by atoms with Crippen molar-refractivity contribution >= 4 is 17.6 Å². The molecule has 0 spiro atoms. The summed E-state index contributed by atoms with van der Waals surface area (Å²) in [5.41, 5.74) is 4.16. The van der Waals surface area contributed by atoms with Gasteiger partial charge in [0.1, 0.15) is 0 Å². The lowest BCUT2D eigenvalue weighted by atomic mass is 10.1. The van der Waals surface area contributed by atoms with Gasteiger partial charge in [-0.25, -0.2) is 4.79 Å². The Bertz CT molecular complexity index is 858. The van der Waals surface area contributed by atoms with Crippen LogP contribution in [0.3, 0.4) is 0 Å². The fourth-order valence-electron chi connectivity index (χ4n) is 3.61. The second kappa shape index (κ2) is 10.7. The van der Waals surface area contributed by atoms with Crippen LogP contribution in [0.5, 0.6) is 0 Å². The fraction of sp³-hybridized carbons (Fsp3) is 0.417. The maximum atomic E-state index is 11.8. The summed E-state index contributed by atoms with van der Waals surface area (Å²) < 4.78 is 5.02. The van der Waals surface area contributed by atoms with Gasteiger partial charge in [0.05, 0.1) is 18.2 Å². The zero-order chi connectivity index (χ0) is 21.3. The number of anilines is 1. The number of nitrogens with zero attached hydrogens (tertiary/aromatic N) is 2. The summed E-state index contributed by atoms with van der Waals surface area (Å²) in [4.78, 5) is 18.6. The van der Waals surface area contributed by atoms with E-state index in [0.29, 0.717) is 18.7 Å². The fourth-order valence-corrected chi connectivity index (χ4v) is 3.61. The molecule has 0 aliphatic carbocycles. The molecule has 2 aromatic carbocycles. The summed E-state index contributed by atoms with van der Waals surface area (Å²) in [6.45, 7) is 7.22. The SMILES string of the molecule is CCOC(=O)c1ccc(CNC(=NC)NC(C)c2cccc(N3CCCC3)c2)cc1. The monoisotopic (exact) mass is 408 g/mol. The van der Waals surface area contributed by atoms with Crippen LogP contribution in [-0.4, -0.2) is 38.7 Å². The Balaban J connectivity index is 1.55. The van der Waals surface area contributed by atoms with E-state index in [9.17, 15) is 4.79 Å². The molecule has 160 valence electrons. The molecule has 0 radical (unpaired) electrons. The Morgan fingerprint density at radius 2 is 1.90 bits per heavy atom. The van der Waals surface area contributed by atoms with Gasteiger partial charge in [-0.1, -0.05) is 24.3 Å². The predicted octanol–water partition coefficient (Wildman–Crippen LogP) is 3.89. The van der Waals surface area contributed by atoms with Crippen molar-refractivity contribution in [2.24, 2.45) is 4.99 Å². The van der Waals surface area contributed by atoms with E-state index in [1.54, 1.807) is 26.1 Å². The molecule has 1 unspecified atom stereocenters. The molecule has 6 nitrogen and oxygen atoms in total. The highest BCUT2D eigenvalue weighted by atomic mass is 16.5. The third kappa shape index (κ3) is 5.75. The molecule has 1 aliphatic heterocycles. The maximum Gasteiger partial charge on any atom is 0.338 e. The lowest BCUT2D eigenvalue weighted by Crippen LogP contribution is -2.38. The zero-order valence-corrected chi connectivity index (χ0v) is 18.1. The number of carbonyl (C=O) groups excluding carboxylic acids is 1. The number of nitrogens with one attached hydrogen (secondary N) is 2. The van der Waals surface area contributed by atoms with Crippen LogP contribution >= 0.6 is 0 Å². The molecule has 0 bridgehead atoms. The number of aliphatic imine (C=N–C) groups is 1. The molecule has 0 aromatic heterocycles. The quantitative estimate of drug-likeness (QED) is 0.413. The van der Waals surface area contributed by atoms with Crippen molar-refractivity contribution in [3.8, 4) is 0 Å². The molecule has 0 saturated carbocycles. The topological polar surface area (TPSA) is 66.0 Å². The van der Waals surface area contributed by atoms with Crippen LogP contribution in [0.2, 0.25) is 0 Å². The molecule has 1 fully saturated rings. The first kappa shape index (κ1) is 21.7. The van der Waals surface area contributed by atoms with Gasteiger partial charge in [-0.05, 0) is 62.1 Å². The van der Waals surface area contributed by atoms with Gasteiger partial charge in [0, 0.05) is 32.4 Å². The smallest absolute Gasteiger partial charge is 0.338 e. The van der Waals surface area contributed by atoms with Gasteiger partial charge in [0.2, 0.25) is 0 Å². The van der Waals surface area contributed by atoms with E-state index < -0.39 is 0 Å². The number of ether oxygens (including phenoxy) is 1. The van der Waals surface area contributed by atoms with Crippen molar-refractivity contribution in [3.63, 3.8) is 0 Å². The lowest BCUT2D eigenvalue weighted by molar-refractivity contribution is 0.0526. The minimum atomic E-state index is -0.292. The van der Waals surface area contributed by atoms with Gasteiger partial charge in [0.15, 0.2) is 5.96 Å². The molecule has 1 heterocycles. The summed E-state index contributed by atoms with van der Waals surface area (Å²) >= 11 is 0. The van der Waals surface area contributed by atoms with Gasteiger partial charge < -0.3 is 20.3 Å². The number of carbonyl (C=O) groups is 1. The van der Waals surface area contributed by atoms with Crippen LogP contribution in [-0.2, 0) is 11.3 Å². The van der Waals surface area contributed by atoms with E-state index in [2.05, 4.69) is 51.7 Å². The number of guanidine groups is 1. The van der Waals surface area contributed by atoms with Crippen molar-refractivity contribution in [1.82, 2.24) is 10.6 Å². The molecule has 3 rings (SSSR count). The highest BCUT2D eigenvalue weighted by Crippen LogP contribution is 2.23. The Labute approximate surface area is 179 Å². The number of esters is 1. The van der Waals surface area contributed by atoms with Crippen molar-refractivity contribution in [2.75, 3.05) is 31.6 Å². The summed E-state index contributed by atoms with van der Waals surface area (Å²) in [6, 6.07) is 16.3. The predicted molar refractivity (Wildman–Crippen MR) is 122 cm³/mol. The van der Waals surface area contributed by atoms with Crippen molar-refractivity contribution in [1.29, 1.82) is 0 Å². The first-order valence-corrected chi connectivity index (χ1v) is 10.7. The van der Waals surface area contributed by atoms with Crippen LogP contribution in [0.25, 0.3) is 0 Å². The summed E-state index contributed by atoms with van der Waals surface area (Å²) in [7, 11) is 1.77. The molecule has 2 aromatic rings. The highest BCUT2D eigenvalue weighted by Gasteiger charge is 2.14. The average Bonchev–Trinajstić information content (AvgIpc) is 3.32. The molecule has 1 aliphatic rings. The Morgan fingerprint density at radius 1 is 1.17 bits per heavy atom. The number of benzene rings is 2. The van der Waals surface area contributed by atoms with Gasteiger partial charge in [0.25, 0.3) is 0 Å². The van der Waals surface area contributed by atoms with Crippen LogP contribution in [0, 0.1) is 0 Å². The second-order valence-corrected chi connectivity index (χ2v) is 7.50. The first-order valence-electron chi connectivity index (χ1n) is 10.7. The van der Waals surface area contributed by atoms with E-state index in [1.807, 2.05) is 12.1 Å².